The second-order valence-corrected chi connectivity index (χ2v) is 8.21. The maximum Gasteiger partial charge on any atom is 0.233 e. The van der Waals surface area contributed by atoms with Gasteiger partial charge in [0.05, 0.1) is 5.69 Å². The van der Waals surface area contributed by atoms with E-state index in [2.05, 4.69) is 38.2 Å². The Bertz CT molecular complexity index is 823. The van der Waals surface area contributed by atoms with Crippen LogP contribution in [0.4, 0.5) is 0 Å². The lowest BCUT2D eigenvalue weighted by Crippen LogP contribution is -2.35. The van der Waals surface area contributed by atoms with Crippen LogP contribution < -0.4 is 5.32 Å². The lowest BCUT2D eigenvalue weighted by atomic mass is 9.93. The molecule has 1 spiro atoms. The van der Waals surface area contributed by atoms with Gasteiger partial charge in [-0.05, 0) is 66.2 Å². The van der Waals surface area contributed by atoms with Gasteiger partial charge in [-0.25, -0.2) is 9.97 Å². The molecule has 0 radical (unpaired) electrons. The minimum Gasteiger partial charge on any atom is -0.317 e. The van der Waals surface area contributed by atoms with Gasteiger partial charge in [-0.2, -0.15) is 11.3 Å². The molecule has 1 saturated carbocycles. The molecular formula is C19H24ClN5S. The molecule has 0 amide bonds. The summed E-state index contributed by atoms with van der Waals surface area (Å²) in [5.74, 6) is 0.792. The van der Waals surface area contributed by atoms with Crippen LogP contribution in [0.2, 0.25) is 0 Å². The highest BCUT2D eigenvalue weighted by molar-refractivity contribution is 7.07. The number of piperidine rings is 1. The summed E-state index contributed by atoms with van der Waals surface area (Å²) in [4.78, 5) is 11.7. The number of nitrogens with one attached hydrogen (secondary N) is 1. The SMILES string of the molecule is Cl.c1cnc2nc(CN(Cc3ccsc3)C3CC34CCNCC4)cn2c1. The van der Waals surface area contributed by atoms with E-state index in [1.807, 2.05) is 16.7 Å². The van der Waals surface area contributed by atoms with Gasteiger partial charge in [0.2, 0.25) is 5.78 Å². The molecule has 1 N–H and O–H groups in total. The first-order valence-electron chi connectivity index (χ1n) is 9.07. The van der Waals surface area contributed by atoms with Crippen molar-refractivity contribution in [2.24, 2.45) is 5.41 Å². The Hall–Kier alpha value is -1.47. The summed E-state index contributed by atoms with van der Waals surface area (Å²) in [6.07, 6.45) is 9.91. The first-order valence-corrected chi connectivity index (χ1v) is 10.0. The van der Waals surface area contributed by atoms with E-state index in [0.29, 0.717) is 11.5 Å². The maximum atomic E-state index is 4.73. The van der Waals surface area contributed by atoms with E-state index in [-0.39, 0.29) is 12.4 Å². The predicted molar refractivity (Wildman–Crippen MR) is 107 cm³/mol. The monoisotopic (exact) mass is 389 g/mol. The van der Waals surface area contributed by atoms with E-state index in [4.69, 9.17) is 4.98 Å². The molecule has 3 aromatic rings. The molecule has 1 saturated heterocycles. The molecule has 1 atom stereocenters. The first-order chi connectivity index (χ1) is 12.3. The fourth-order valence-corrected chi connectivity index (χ4v) is 5.02. The van der Waals surface area contributed by atoms with Gasteiger partial charge < -0.3 is 5.32 Å². The van der Waals surface area contributed by atoms with E-state index >= 15 is 0 Å². The number of hydrogen-bond donors (Lipinski definition) is 1. The van der Waals surface area contributed by atoms with Gasteiger partial charge in [-0.3, -0.25) is 9.30 Å². The number of rotatable bonds is 5. The second kappa shape index (κ2) is 7.27. The average Bonchev–Trinajstić information content (AvgIpc) is 3.02. The molecule has 1 aliphatic carbocycles. The molecule has 0 bridgehead atoms. The van der Waals surface area contributed by atoms with Crippen LogP contribution in [0.3, 0.4) is 0 Å². The molecule has 4 heterocycles. The normalized spacial score (nSPS) is 21.2. The Labute approximate surface area is 163 Å². The number of halogens is 1. The van der Waals surface area contributed by atoms with E-state index in [1.54, 1.807) is 17.5 Å². The van der Waals surface area contributed by atoms with Gasteiger partial charge in [-0.15, -0.1) is 12.4 Å². The van der Waals surface area contributed by atoms with Crippen molar-refractivity contribution in [1.29, 1.82) is 0 Å². The largest absolute Gasteiger partial charge is 0.317 e. The smallest absolute Gasteiger partial charge is 0.233 e. The van der Waals surface area contributed by atoms with Crippen LogP contribution in [0.15, 0.2) is 41.5 Å². The van der Waals surface area contributed by atoms with Crippen molar-refractivity contribution in [3.63, 3.8) is 0 Å². The molecule has 1 unspecified atom stereocenters. The number of imidazole rings is 1. The highest BCUT2D eigenvalue weighted by Gasteiger charge is 2.56. The molecule has 5 nitrogen and oxygen atoms in total. The lowest BCUT2D eigenvalue weighted by molar-refractivity contribution is 0.186. The number of fused-ring (bicyclic) bond motifs is 1. The molecule has 1 aliphatic heterocycles. The van der Waals surface area contributed by atoms with Crippen molar-refractivity contribution in [2.45, 2.75) is 38.4 Å². The van der Waals surface area contributed by atoms with Crippen LogP contribution in [-0.2, 0) is 13.1 Å². The molecule has 7 heteroatoms. The minimum atomic E-state index is 0. The van der Waals surface area contributed by atoms with Crippen molar-refractivity contribution >= 4 is 29.5 Å². The summed E-state index contributed by atoms with van der Waals surface area (Å²) in [7, 11) is 0. The number of aromatic nitrogens is 3. The summed E-state index contributed by atoms with van der Waals surface area (Å²) in [5.41, 5.74) is 3.08. The first kappa shape index (κ1) is 17.9. The molecule has 5 rings (SSSR count). The van der Waals surface area contributed by atoms with Crippen LogP contribution >= 0.6 is 23.7 Å². The molecule has 0 aromatic carbocycles. The highest BCUT2D eigenvalue weighted by Crippen LogP contribution is 2.56. The van der Waals surface area contributed by atoms with Gasteiger partial charge in [0.1, 0.15) is 0 Å². The Morgan fingerprint density at radius 3 is 2.96 bits per heavy atom. The summed E-state index contributed by atoms with van der Waals surface area (Å²) in [6, 6.07) is 4.89. The van der Waals surface area contributed by atoms with Crippen molar-refractivity contribution < 1.29 is 0 Å². The number of nitrogens with zero attached hydrogens (tertiary/aromatic N) is 4. The molecule has 26 heavy (non-hydrogen) atoms. The van der Waals surface area contributed by atoms with E-state index in [9.17, 15) is 0 Å². The van der Waals surface area contributed by atoms with Crippen LogP contribution in [0, 0.1) is 5.41 Å². The fourth-order valence-electron chi connectivity index (χ4n) is 4.36. The standard InChI is InChI=1S/C19H23N5S.ClH/c1-5-21-18-22-16(12-23(18)8-1)13-24(11-15-2-9-25-14-15)17-10-19(17)3-6-20-7-4-19;/h1-2,5,8-9,12,14,17,20H,3-4,6-7,10-11,13H2;1H. The Morgan fingerprint density at radius 1 is 1.31 bits per heavy atom. The van der Waals surface area contributed by atoms with Crippen LogP contribution in [-0.4, -0.2) is 38.4 Å². The molecule has 2 aliphatic rings. The number of hydrogen-bond acceptors (Lipinski definition) is 5. The van der Waals surface area contributed by atoms with Crippen molar-refractivity contribution in [1.82, 2.24) is 24.6 Å². The van der Waals surface area contributed by atoms with Crippen molar-refractivity contribution in [2.75, 3.05) is 13.1 Å². The summed E-state index contributed by atoms with van der Waals surface area (Å²) >= 11 is 1.78. The Kier molecular flexibility index (Phi) is 5.01. The summed E-state index contributed by atoms with van der Waals surface area (Å²) in [5, 5.41) is 7.96. The number of thiophene rings is 1. The zero-order chi connectivity index (χ0) is 16.7. The van der Waals surface area contributed by atoms with E-state index in [1.165, 1.54) is 37.9 Å². The second-order valence-electron chi connectivity index (χ2n) is 7.43. The fraction of sp³-hybridized carbons (Fsp3) is 0.474. The third kappa shape index (κ3) is 3.39. The van der Waals surface area contributed by atoms with Crippen LogP contribution in [0.25, 0.3) is 5.78 Å². The van der Waals surface area contributed by atoms with E-state index in [0.717, 1.165) is 24.6 Å². The molecular weight excluding hydrogens is 366 g/mol. The van der Waals surface area contributed by atoms with Gasteiger partial charge in [0.15, 0.2) is 0 Å². The zero-order valence-electron chi connectivity index (χ0n) is 14.7. The summed E-state index contributed by atoms with van der Waals surface area (Å²) < 4.78 is 2.02. The van der Waals surface area contributed by atoms with Gasteiger partial charge in [0.25, 0.3) is 0 Å². The Balaban J connectivity index is 0.00000168. The zero-order valence-corrected chi connectivity index (χ0v) is 16.3. The van der Waals surface area contributed by atoms with Crippen molar-refractivity contribution in [3.8, 4) is 0 Å². The quantitative estimate of drug-likeness (QED) is 0.726. The topological polar surface area (TPSA) is 45.5 Å². The van der Waals surface area contributed by atoms with Crippen LogP contribution in [0.5, 0.6) is 0 Å². The average molecular weight is 390 g/mol. The van der Waals surface area contributed by atoms with Gasteiger partial charge >= 0.3 is 0 Å². The minimum absolute atomic E-state index is 0. The van der Waals surface area contributed by atoms with E-state index < -0.39 is 0 Å². The van der Waals surface area contributed by atoms with Crippen LogP contribution in [0.1, 0.15) is 30.5 Å². The molecule has 3 aromatic heterocycles. The molecule has 2 fully saturated rings. The van der Waals surface area contributed by atoms with Crippen molar-refractivity contribution in [3.05, 3.63) is 52.7 Å². The van der Waals surface area contributed by atoms with Gasteiger partial charge in [-0.1, -0.05) is 0 Å². The highest BCUT2D eigenvalue weighted by atomic mass is 35.5. The predicted octanol–water partition coefficient (Wildman–Crippen LogP) is 3.36. The third-order valence-corrected chi connectivity index (χ3v) is 6.54. The lowest BCUT2D eigenvalue weighted by Gasteiger charge is -2.29. The molecule has 138 valence electrons. The van der Waals surface area contributed by atoms with Gasteiger partial charge in [0, 0.05) is 37.7 Å². The summed E-state index contributed by atoms with van der Waals surface area (Å²) in [6.45, 7) is 4.26. The maximum absolute atomic E-state index is 4.73. The third-order valence-electron chi connectivity index (χ3n) is 5.80. The Morgan fingerprint density at radius 2 is 2.19 bits per heavy atom.